The summed E-state index contributed by atoms with van der Waals surface area (Å²) >= 11 is 0. The Bertz CT molecular complexity index is 1490. The first-order valence-corrected chi connectivity index (χ1v) is 14.5. The summed E-state index contributed by atoms with van der Waals surface area (Å²) in [6, 6.07) is 7.58. The van der Waals surface area contributed by atoms with E-state index in [0.717, 1.165) is 16.7 Å². The molecule has 12 heteroatoms. The second-order valence-electron chi connectivity index (χ2n) is 10.3. The van der Waals surface area contributed by atoms with Gasteiger partial charge in [0.25, 0.3) is 10.0 Å². The van der Waals surface area contributed by atoms with Crippen LogP contribution in [0.1, 0.15) is 43.2 Å². The van der Waals surface area contributed by atoms with Crippen LogP contribution in [0, 0.1) is 19.8 Å². The Hall–Kier alpha value is -3.80. The van der Waals surface area contributed by atoms with Gasteiger partial charge in [0.15, 0.2) is 0 Å². The number of ether oxygens (including phenoxy) is 1. The molecule has 0 radical (unpaired) electrons. The smallest absolute Gasteiger partial charge is 0.267 e. The first kappa shape index (κ1) is 26.8. The predicted octanol–water partition coefficient (Wildman–Crippen LogP) is 3.03. The van der Waals surface area contributed by atoms with E-state index < -0.39 is 10.0 Å². The van der Waals surface area contributed by atoms with E-state index in [2.05, 4.69) is 19.8 Å². The number of aryl methyl sites for hydroxylation is 3. The number of ketones is 1. The molecule has 1 atom stereocenters. The topological polar surface area (TPSA) is 136 Å². The molecule has 11 nitrogen and oxygen atoms in total. The highest BCUT2D eigenvalue weighted by Gasteiger charge is 2.34. The van der Waals surface area contributed by atoms with E-state index in [0.29, 0.717) is 50.9 Å². The van der Waals surface area contributed by atoms with Crippen LogP contribution >= 0.6 is 0 Å². The molecule has 3 heterocycles. The third-order valence-corrected chi connectivity index (χ3v) is 8.58. The van der Waals surface area contributed by atoms with Crippen LogP contribution in [-0.4, -0.2) is 64.0 Å². The highest BCUT2D eigenvalue weighted by atomic mass is 32.2. The highest BCUT2D eigenvalue weighted by molar-refractivity contribution is 7.92. The van der Waals surface area contributed by atoms with Gasteiger partial charge in [0.05, 0.1) is 18.4 Å². The van der Waals surface area contributed by atoms with Gasteiger partial charge in [0, 0.05) is 56.6 Å². The molecule has 1 N–H and O–H groups in total. The van der Waals surface area contributed by atoms with E-state index in [9.17, 15) is 18.0 Å². The maximum absolute atomic E-state index is 13.0. The Kier molecular flexibility index (Phi) is 7.39. The van der Waals surface area contributed by atoms with Crippen molar-refractivity contribution in [3.63, 3.8) is 0 Å². The maximum Gasteiger partial charge on any atom is 0.267 e. The van der Waals surface area contributed by atoms with Crippen molar-refractivity contribution < 1.29 is 22.7 Å². The molecule has 0 spiro atoms. The average Bonchev–Trinajstić information content (AvgIpc) is 3.53. The van der Waals surface area contributed by atoms with Crippen LogP contribution in [0.4, 0.5) is 5.95 Å². The predicted molar refractivity (Wildman–Crippen MR) is 144 cm³/mol. The molecular formula is C27H32N6O5S. The third kappa shape index (κ3) is 5.95. The van der Waals surface area contributed by atoms with Gasteiger partial charge in [0.2, 0.25) is 17.7 Å². The van der Waals surface area contributed by atoms with Crippen LogP contribution in [0.5, 0.6) is 5.88 Å². The Labute approximate surface area is 227 Å². The van der Waals surface area contributed by atoms with E-state index in [-0.39, 0.29) is 40.4 Å². The second-order valence-corrected chi connectivity index (χ2v) is 11.9. The van der Waals surface area contributed by atoms with Crippen molar-refractivity contribution in [1.82, 2.24) is 24.6 Å². The number of likely N-dealkylation sites (tertiary alicyclic amines) is 1. The summed E-state index contributed by atoms with van der Waals surface area (Å²) < 4.78 is 36.1. The van der Waals surface area contributed by atoms with Crippen molar-refractivity contribution >= 4 is 27.7 Å². The van der Waals surface area contributed by atoms with Gasteiger partial charge in [-0.15, -0.1) is 0 Å². The van der Waals surface area contributed by atoms with Crippen LogP contribution in [0.25, 0.3) is 11.3 Å². The van der Waals surface area contributed by atoms with E-state index >= 15 is 0 Å². The van der Waals surface area contributed by atoms with Gasteiger partial charge in [-0.3, -0.25) is 14.3 Å². The fourth-order valence-electron chi connectivity index (χ4n) is 5.23. The number of carbonyl (C=O) groups excluding carboxylic acids is 2. The fourth-order valence-corrected chi connectivity index (χ4v) is 6.16. The van der Waals surface area contributed by atoms with Crippen LogP contribution in [0.2, 0.25) is 0 Å². The van der Waals surface area contributed by atoms with Crippen molar-refractivity contribution in [1.29, 1.82) is 0 Å². The van der Waals surface area contributed by atoms with Crippen LogP contribution in [0.3, 0.4) is 0 Å². The third-order valence-electron chi connectivity index (χ3n) is 7.29. The average molecular weight is 553 g/mol. The lowest BCUT2D eigenvalue weighted by atomic mass is 9.87. The summed E-state index contributed by atoms with van der Waals surface area (Å²) in [6.07, 6.45) is 5.09. The summed E-state index contributed by atoms with van der Waals surface area (Å²) in [5.74, 6) is 0.267. The van der Waals surface area contributed by atoms with Gasteiger partial charge in [-0.05, 0) is 37.8 Å². The minimum absolute atomic E-state index is 0.0112. The first-order chi connectivity index (χ1) is 18.6. The van der Waals surface area contributed by atoms with E-state index in [1.165, 1.54) is 17.1 Å². The molecule has 1 saturated heterocycles. The molecule has 1 aliphatic carbocycles. The van der Waals surface area contributed by atoms with Crippen molar-refractivity contribution in [2.24, 2.45) is 13.0 Å². The molecule has 0 bridgehead atoms. The monoisotopic (exact) mass is 552 g/mol. The van der Waals surface area contributed by atoms with Gasteiger partial charge in [0.1, 0.15) is 16.8 Å². The number of aromatic nitrogens is 4. The summed E-state index contributed by atoms with van der Waals surface area (Å²) in [5, 5.41) is 3.94. The number of hydrogen-bond acceptors (Lipinski definition) is 8. The number of nitrogens with one attached hydrogen (secondary N) is 1. The zero-order valence-electron chi connectivity index (χ0n) is 22.3. The number of anilines is 1. The standard InChI is InChI=1S/C27H32N6O5S/c1-17-5-4-6-18(2)25(17)23-13-24(30-27(29-23)31-39(36,37)22-14-28-32(3)16-22)38-21-11-12-33(15-21)26(35)19-7-9-20(34)10-8-19/h4-6,13-14,16,19,21H,7-12,15H2,1-3H3,(H,29,30,31). The number of benzene rings is 1. The van der Waals surface area contributed by atoms with E-state index in [1.54, 1.807) is 18.0 Å². The Balaban J connectivity index is 1.39. The summed E-state index contributed by atoms with van der Waals surface area (Å²) in [6.45, 7) is 4.89. The van der Waals surface area contributed by atoms with Crippen LogP contribution < -0.4 is 9.46 Å². The number of carbonyl (C=O) groups is 2. The second kappa shape index (κ2) is 10.8. The first-order valence-electron chi connectivity index (χ1n) is 13.0. The fraction of sp³-hybridized carbons (Fsp3) is 0.444. The van der Waals surface area contributed by atoms with E-state index in [1.807, 2.05) is 32.0 Å². The van der Waals surface area contributed by atoms with Crippen molar-refractivity contribution in [3.8, 4) is 17.1 Å². The molecule has 2 aromatic heterocycles. The molecule has 1 amide bonds. The molecule has 1 saturated carbocycles. The molecule has 1 aromatic carbocycles. The van der Waals surface area contributed by atoms with Gasteiger partial charge in [-0.25, -0.2) is 18.1 Å². The molecule has 2 fully saturated rings. The van der Waals surface area contributed by atoms with Crippen molar-refractivity contribution in [2.75, 3.05) is 17.8 Å². The number of nitrogens with zero attached hydrogens (tertiary/aromatic N) is 5. The lowest BCUT2D eigenvalue weighted by Gasteiger charge is -2.25. The van der Waals surface area contributed by atoms with Gasteiger partial charge in [-0.2, -0.15) is 10.1 Å². The largest absolute Gasteiger partial charge is 0.472 e. The quantitative estimate of drug-likeness (QED) is 0.472. The normalized spacial score (nSPS) is 18.4. The van der Waals surface area contributed by atoms with Crippen LogP contribution in [-0.2, 0) is 26.7 Å². The Morgan fingerprint density at radius 2 is 1.82 bits per heavy atom. The zero-order chi connectivity index (χ0) is 27.7. The number of Topliss-reactive ketones (excluding diaryl/α,β-unsaturated/α-hetero) is 1. The molecular weight excluding hydrogens is 520 g/mol. The number of hydrogen-bond donors (Lipinski definition) is 1. The number of rotatable bonds is 7. The number of amides is 1. The molecule has 1 aliphatic heterocycles. The zero-order valence-corrected chi connectivity index (χ0v) is 23.1. The van der Waals surface area contributed by atoms with Gasteiger partial charge < -0.3 is 9.64 Å². The van der Waals surface area contributed by atoms with Crippen molar-refractivity contribution in [2.45, 2.75) is 57.0 Å². The number of sulfonamides is 1. The minimum Gasteiger partial charge on any atom is -0.472 e. The van der Waals surface area contributed by atoms with Crippen molar-refractivity contribution in [3.05, 3.63) is 47.8 Å². The molecule has 206 valence electrons. The summed E-state index contributed by atoms with van der Waals surface area (Å²) in [7, 11) is -2.35. The van der Waals surface area contributed by atoms with Gasteiger partial charge in [-0.1, -0.05) is 18.2 Å². The molecule has 1 unspecified atom stereocenters. The minimum atomic E-state index is -3.98. The lowest BCUT2D eigenvalue weighted by molar-refractivity contribution is -0.136. The molecule has 39 heavy (non-hydrogen) atoms. The lowest BCUT2D eigenvalue weighted by Crippen LogP contribution is -2.37. The molecule has 2 aliphatic rings. The Morgan fingerprint density at radius 3 is 2.49 bits per heavy atom. The highest BCUT2D eigenvalue weighted by Crippen LogP contribution is 2.31. The molecule has 3 aromatic rings. The van der Waals surface area contributed by atoms with Gasteiger partial charge >= 0.3 is 0 Å². The van der Waals surface area contributed by atoms with Crippen LogP contribution in [0.15, 0.2) is 41.6 Å². The summed E-state index contributed by atoms with van der Waals surface area (Å²) in [5.41, 5.74) is 3.34. The maximum atomic E-state index is 13.0. The SMILES string of the molecule is Cc1cccc(C)c1-c1cc(OC2CCN(C(=O)C3CCC(=O)CC3)C2)nc(NS(=O)(=O)c2cnn(C)c2)n1. The summed E-state index contributed by atoms with van der Waals surface area (Å²) in [4.78, 5) is 35.3. The van der Waals surface area contributed by atoms with E-state index in [4.69, 9.17) is 4.74 Å². The Morgan fingerprint density at radius 1 is 1.10 bits per heavy atom. The molecule has 5 rings (SSSR count).